The number of carbonyl (C=O) groups excluding carboxylic acids is 3. The molecule has 5 heterocycles. The average molecular weight is 1080 g/mol. The summed E-state index contributed by atoms with van der Waals surface area (Å²) >= 11 is 0. The predicted molar refractivity (Wildman–Crippen MR) is 300 cm³/mol. The Morgan fingerprint density at radius 3 is 2.20 bits per heavy atom. The molecular formula is C59H74N10O10. The second kappa shape index (κ2) is 27.0. The number of nitrogens with zero attached hydrogens (tertiary/aromatic N) is 6. The van der Waals surface area contributed by atoms with Gasteiger partial charge in [-0.3, -0.25) is 19.9 Å². The van der Waals surface area contributed by atoms with Gasteiger partial charge in [-0.25, -0.2) is 14.8 Å². The molecule has 2 aliphatic heterocycles. The molecule has 0 radical (unpaired) electrons. The van der Waals surface area contributed by atoms with E-state index in [1.165, 1.54) is 0 Å². The van der Waals surface area contributed by atoms with Crippen LogP contribution in [-0.4, -0.2) is 135 Å². The highest BCUT2D eigenvalue weighted by molar-refractivity contribution is 5.95. The fourth-order valence-electron chi connectivity index (χ4n) is 10.1. The van der Waals surface area contributed by atoms with Gasteiger partial charge in [0.25, 0.3) is 11.9 Å². The van der Waals surface area contributed by atoms with Gasteiger partial charge in [0.1, 0.15) is 53.5 Å². The lowest BCUT2D eigenvalue weighted by molar-refractivity contribution is -0.122. The van der Waals surface area contributed by atoms with Crippen LogP contribution in [-0.2, 0) is 30.3 Å². The molecular weight excluding hydrogens is 1010 g/mol. The van der Waals surface area contributed by atoms with Gasteiger partial charge in [0.2, 0.25) is 5.91 Å². The van der Waals surface area contributed by atoms with Crippen molar-refractivity contribution in [2.75, 3.05) is 94.1 Å². The van der Waals surface area contributed by atoms with Gasteiger partial charge >= 0.3 is 6.09 Å². The van der Waals surface area contributed by atoms with Crippen molar-refractivity contribution in [3.63, 3.8) is 0 Å². The number of anilines is 3. The highest BCUT2D eigenvalue weighted by Crippen LogP contribution is 2.42. The summed E-state index contributed by atoms with van der Waals surface area (Å²) in [4.78, 5) is 62.7. The number of rotatable bonds is 24. The van der Waals surface area contributed by atoms with Gasteiger partial charge < -0.3 is 58.6 Å². The number of pyridine rings is 1. The SMILES string of the molecule is Cc1nc([C@H](C)NC(=O)c2ccc(-c3ccc(NC(=O)OC(C)(C)C)cc3)cc2)cc(N2[C@H](C(=O)NCCOCCOCCOCCOc3ccc(COc4ccc5oc(N6CCNCC6)nc5c4)nc3)C[C@@H]3CCCC[C@@H]32)n1. The number of benzene rings is 3. The molecule has 4 N–H and O–H groups in total. The largest absolute Gasteiger partial charge is 0.490 e. The maximum absolute atomic E-state index is 13.9. The summed E-state index contributed by atoms with van der Waals surface area (Å²) in [7, 11) is 0. The zero-order valence-corrected chi connectivity index (χ0v) is 46.0. The maximum atomic E-state index is 13.9. The van der Waals surface area contributed by atoms with Crippen molar-refractivity contribution in [1.82, 2.24) is 35.9 Å². The molecule has 420 valence electrons. The van der Waals surface area contributed by atoms with Crippen molar-refractivity contribution < 1.29 is 47.2 Å². The number of aromatic nitrogens is 4. The Bertz CT molecular complexity index is 2950. The van der Waals surface area contributed by atoms with Crippen molar-refractivity contribution >= 4 is 46.5 Å². The van der Waals surface area contributed by atoms with Crippen molar-refractivity contribution in [3.05, 3.63) is 114 Å². The van der Waals surface area contributed by atoms with Crippen LogP contribution in [0.1, 0.15) is 93.4 Å². The monoisotopic (exact) mass is 1080 g/mol. The predicted octanol–water partition coefficient (Wildman–Crippen LogP) is 8.20. The Kier molecular flexibility index (Phi) is 19.2. The number of amides is 3. The van der Waals surface area contributed by atoms with E-state index in [1.807, 2.05) is 107 Å². The molecule has 1 aliphatic carbocycles. The standard InChI is InChI=1S/C59H74N10O10/c1-39(63-55(70)43-12-10-41(11-13-43)42-14-16-45(17-15-42)66-58(72)79-59(3,4)5)49-36-54(65-40(2)64-49)69-51-9-7-6-8-44(51)34-52(69)56(71)61-24-27-73-28-29-74-30-31-75-32-33-76-48-19-18-46(62-37-48)38-77-47-20-21-53-50(35-47)67-57(78-53)68-25-22-60-23-26-68/h10-21,35-37,39,44,51-52,60H,6-9,22-34,38H2,1-5H3,(H,61,71)(H,63,70)(H,66,72)/t39-,44-,51-,52-/m0/s1. The van der Waals surface area contributed by atoms with E-state index in [9.17, 15) is 14.4 Å². The van der Waals surface area contributed by atoms with Gasteiger partial charge in [-0.05, 0) is 119 Å². The van der Waals surface area contributed by atoms with Crippen molar-refractivity contribution in [1.29, 1.82) is 0 Å². The molecule has 2 saturated heterocycles. The third-order valence-corrected chi connectivity index (χ3v) is 14.0. The zero-order valence-electron chi connectivity index (χ0n) is 46.0. The Morgan fingerprint density at radius 1 is 0.785 bits per heavy atom. The Hall–Kier alpha value is -7.39. The van der Waals surface area contributed by atoms with E-state index in [0.29, 0.717) is 111 Å². The fourth-order valence-corrected chi connectivity index (χ4v) is 10.1. The molecule has 3 amide bonds. The molecule has 3 fully saturated rings. The number of nitrogens with one attached hydrogen (secondary N) is 4. The van der Waals surface area contributed by atoms with E-state index in [4.69, 9.17) is 42.8 Å². The van der Waals surface area contributed by atoms with Gasteiger partial charge in [0.05, 0.1) is 63.3 Å². The molecule has 3 aromatic carbocycles. The average Bonchev–Trinajstić information content (AvgIpc) is 4.26. The van der Waals surface area contributed by atoms with Gasteiger partial charge in [0.15, 0.2) is 5.58 Å². The van der Waals surface area contributed by atoms with E-state index >= 15 is 0 Å². The number of oxazole rings is 1. The number of aryl methyl sites for hydroxylation is 1. The van der Waals surface area contributed by atoms with Gasteiger partial charge in [-0.2, -0.15) is 4.98 Å². The van der Waals surface area contributed by atoms with Crippen LogP contribution in [0.25, 0.3) is 22.2 Å². The summed E-state index contributed by atoms with van der Waals surface area (Å²) in [6.07, 6.45) is 6.20. The quantitative estimate of drug-likeness (QED) is 0.0419. The minimum absolute atomic E-state index is 0.0527. The Balaban J connectivity index is 0.648. The molecule has 3 aliphatic rings. The van der Waals surface area contributed by atoms with Crippen LogP contribution in [0.5, 0.6) is 11.5 Å². The second-order valence-corrected chi connectivity index (χ2v) is 21.1. The molecule has 6 aromatic rings. The van der Waals surface area contributed by atoms with Crippen LogP contribution in [0.4, 0.5) is 22.3 Å². The van der Waals surface area contributed by atoms with Crippen molar-refractivity contribution in [2.45, 2.75) is 97.1 Å². The molecule has 1 saturated carbocycles. The Morgan fingerprint density at radius 2 is 1.48 bits per heavy atom. The molecule has 0 unspecified atom stereocenters. The molecule has 4 atom stereocenters. The number of carbonyl (C=O) groups is 3. The fraction of sp³-hybridized carbons (Fsp3) is 0.475. The molecule has 3 aromatic heterocycles. The highest BCUT2D eigenvalue weighted by atomic mass is 16.6. The van der Waals surface area contributed by atoms with E-state index in [0.717, 1.165) is 86.2 Å². The number of hydrogen-bond acceptors (Lipinski definition) is 17. The molecule has 0 spiro atoms. The summed E-state index contributed by atoms with van der Waals surface area (Å²) in [6.45, 7) is 16.1. The normalized spacial score (nSPS) is 17.7. The third-order valence-electron chi connectivity index (χ3n) is 14.0. The minimum atomic E-state index is -0.596. The summed E-state index contributed by atoms with van der Waals surface area (Å²) in [5.74, 6) is 2.69. The first kappa shape index (κ1) is 56.3. The van der Waals surface area contributed by atoms with Crippen molar-refractivity contribution in [3.8, 4) is 22.6 Å². The molecule has 9 rings (SSSR count). The lowest BCUT2D eigenvalue weighted by Gasteiger charge is -2.35. The first-order chi connectivity index (χ1) is 38.3. The molecule has 0 bridgehead atoms. The van der Waals surface area contributed by atoms with Crippen LogP contribution in [0.3, 0.4) is 0 Å². The number of fused-ring (bicyclic) bond motifs is 2. The van der Waals surface area contributed by atoms with E-state index in [1.54, 1.807) is 18.3 Å². The summed E-state index contributed by atoms with van der Waals surface area (Å²) in [5, 5.41) is 12.3. The molecule has 20 heteroatoms. The van der Waals surface area contributed by atoms with Crippen molar-refractivity contribution in [2.24, 2.45) is 5.92 Å². The van der Waals surface area contributed by atoms with Crippen LogP contribution in [0.15, 0.2) is 95.5 Å². The molecule has 20 nitrogen and oxygen atoms in total. The Labute approximate surface area is 461 Å². The lowest BCUT2D eigenvalue weighted by atomic mass is 9.84. The topological polar surface area (TPSA) is 226 Å². The van der Waals surface area contributed by atoms with E-state index in [2.05, 4.69) is 41.0 Å². The maximum Gasteiger partial charge on any atom is 0.412 e. The second-order valence-electron chi connectivity index (χ2n) is 21.1. The number of piperazine rings is 1. The van der Waals surface area contributed by atoms with Crippen LogP contribution >= 0.6 is 0 Å². The van der Waals surface area contributed by atoms with Crippen LogP contribution < -0.4 is 40.5 Å². The lowest BCUT2D eigenvalue weighted by Crippen LogP contribution is -2.48. The summed E-state index contributed by atoms with van der Waals surface area (Å²) < 4.78 is 40.3. The first-order valence-electron chi connectivity index (χ1n) is 27.5. The first-order valence-corrected chi connectivity index (χ1v) is 27.5. The number of ether oxygens (including phenoxy) is 6. The molecule has 79 heavy (non-hydrogen) atoms. The van der Waals surface area contributed by atoms with Crippen LogP contribution in [0, 0.1) is 12.8 Å². The zero-order chi connectivity index (χ0) is 55.1. The number of hydrogen-bond donors (Lipinski definition) is 4. The third kappa shape index (κ3) is 15.9. The van der Waals surface area contributed by atoms with Gasteiger partial charge in [0, 0.05) is 62.1 Å². The van der Waals surface area contributed by atoms with Gasteiger partial charge in [-0.1, -0.05) is 37.1 Å². The highest BCUT2D eigenvalue weighted by Gasteiger charge is 2.46. The van der Waals surface area contributed by atoms with Gasteiger partial charge in [-0.15, -0.1) is 0 Å². The minimum Gasteiger partial charge on any atom is -0.490 e. The smallest absolute Gasteiger partial charge is 0.412 e. The van der Waals surface area contributed by atoms with E-state index in [-0.39, 0.29) is 17.9 Å². The van der Waals surface area contributed by atoms with E-state index < -0.39 is 23.8 Å². The summed E-state index contributed by atoms with van der Waals surface area (Å²) in [6, 6.07) is 26.1. The summed E-state index contributed by atoms with van der Waals surface area (Å²) in [5.41, 5.74) is 5.31. The van der Waals surface area contributed by atoms with Crippen LogP contribution in [0.2, 0.25) is 0 Å².